The summed E-state index contributed by atoms with van der Waals surface area (Å²) in [6.45, 7) is 4.84. The van der Waals surface area contributed by atoms with Crippen molar-refractivity contribution in [2.24, 2.45) is 17.8 Å². The molecule has 35 heavy (non-hydrogen) atoms. The zero-order chi connectivity index (χ0) is 24.9. The Hall–Kier alpha value is -3.53. The number of rotatable bonds is 3. The fourth-order valence-corrected chi connectivity index (χ4v) is 4.69. The second-order valence-electron chi connectivity index (χ2n) is 9.28. The first-order valence-electron chi connectivity index (χ1n) is 11.4. The van der Waals surface area contributed by atoms with Gasteiger partial charge in [-0.2, -0.15) is 9.97 Å². The maximum Gasteiger partial charge on any atom is 0.318 e. The van der Waals surface area contributed by atoms with Gasteiger partial charge in [0.25, 0.3) is 0 Å². The van der Waals surface area contributed by atoms with E-state index in [0.717, 1.165) is 0 Å². The molecule has 2 aliphatic carbocycles. The first kappa shape index (κ1) is 23.2. The van der Waals surface area contributed by atoms with Crippen LogP contribution in [-0.2, 0) is 0 Å². The van der Waals surface area contributed by atoms with Crippen LogP contribution in [0.1, 0.15) is 19.5 Å². The molecule has 0 radical (unpaired) electrons. The predicted molar refractivity (Wildman–Crippen MR) is 128 cm³/mol. The first-order valence-corrected chi connectivity index (χ1v) is 11.4. The molecule has 5 rings (SSSR count). The van der Waals surface area contributed by atoms with Crippen LogP contribution in [0.2, 0.25) is 0 Å². The van der Waals surface area contributed by atoms with Crippen molar-refractivity contribution >= 4 is 22.3 Å². The quantitative estimate of drug-likeness (QED) is 0.600. The van der Waals surface area contributed by atoms with Crippen LogP contribution < -0.4 is 20.1 Å². The van der Waals surface area contributed by atoms with Crippen molar-refractivity contribution < 1.29 is 23.4 Å². The van der Waals surface area contributed by atoms with Gasteiger partial charge in [0, 0.05) is 29.8 Å². The van der Waals surface area contributed by atoms with Gasteiger partial charge in [0.2, 0.25) is 5.88 Å². The number of halogens is 2. The molecule has 0 amide bonds. The molecule has 2 aromatic rings. The SMILES string of the molecule is CNC1(C)CNc2nc(OC)nc3c(F)c(C4=CC(O)=CC5C=CC=C(F)C45)nc(c23)OC[C@@H]1C. The standard InChI is InChI=1S/C25H27F2N5O3/c1-12-10-35-23-18-21(31-24(34-4)32-22(18)29-11-25(12,2)28-3)19(27)20(30-23)15-9-14(33)8-13-6-5-7-16(26)17(13)15/h5-9,12-13,17,28,33H,10-11H2,1-4H3,(H,29,31,32)/t12-,13?,17?,25?/m0/s1. The largest absolute Gasteiger partial charge is 0.508 e. The number of nitrogens with one attached hydrogen (secondary N) is 2. The summed E-state index contributed by atoms with van der Waals surface area (Å²) in [5.41, 5.74) is -0.378. The Morgan fingerprint density at radius 1 is 1.29 bits per heavy atom. The van der Waals surface area contributed by atoms with Crippen molar-refractivity contribution in [3.05, 3.63) is 53.5 Å². The number of nitrogens with zero attached hydrogens (tertiary/aromatic N) is 3. The highest BCUT2D eigenvalue weighted by atomic mass is 19.1. The smallest absolute Gasteiger partial charge is 0.318 e. The van der Waals surface area contributed by atoms with E-state index < -0.39 is 23.5 Å². The summed E-state index contributed by atoms with van der Waals surface area (Å²) in [4.78, 5) is 13.2. The first-order chi connectivity index (χ1) is 16.8. The maximum atomic E-state index is 16.1. The fourth-order valence-electron chi connectivity index (χ4n) is 4.69. The van der Waals surface area contributed by atoms with Crippen LogP contribution in [0.3, 0.4) is 0 Å². The van der Waals surface area contributed by atoms with Gasteiger partial charge in [-0.1, -0.05) is 19.1 Å². The molecule has 1 aliphatic heterocycles. The Bertz CT molecular complexity index is 1320. The highest BCUT2D eigenvalue weighted by Gasteiger charge is 2.37. The van der Waals surface area contributed by atoms with Crippen LogP contribution in [0.15, 0.2) is 42.0 Å². The third-order valence-electron chi connectivity index (χ3n) is 7.21. The lowest BCUT2D eigenvalue weighted by atomic mass is 9.77. The number of allylic oxidation sites excluding steroid dienone is 7. The van der Waals surface area contributed by atoms with E-state index in [1.807, 2.05) is 20.9 Å². The van der Waals surface area contributed by atoms with Crippen LogP contribution in [0.4, 0.5) is 14.6 Å². The zero-order valence-corrected chi connectivity index (χ0v) is 19.9. The van der Waals surface area contributed by atoms with Crippen molar-refractivity contribution in [1.29, 1.82) is 0 Å². The number of likely N-dealkylation sites (N-methyl/N-ethyl adjacent to an activating group) is 1. The Morgan fingerprint density at radius 3 is 2.83 bits per heavy atom. The summed E-state index contributed by atoms with van der Waals surface area (Å²) < 4.78 is 42.5. The van der Waals surface area contributed by atoms with Crippen LogP contribution in [0.5, 0.6) is 11.9 Å². The van der Waals surface area contributed by atoms with E-state index in [9.17, 15) is 9.50 Å². The number of methoxy groups -OCH3 is 1. The average molecular weight is 484 g/mol. The molecule has 8 nitrogen and oxygen atoms in total. The molecular weight excluding hydrogens is 456 g/mol. The number of aliphatic hydroxyl groups excluding tert-OH is 1. The fraction of sp³-hybridized carbons (Fsp3) is 0.400. The van der Waals surface area contributed by atoms with Crippen LogP contribution in [0.25, 0.3) is 16.5 Å². The minimum Gasteiger partial charge on any atom is -0.508 e. The van der Waals surface area contributed by atoms with Crippen molar-refractivity contribution in [3.8, 4) is 11.9 Å². The molecule has 3 heterocycles. The van der Waals surface area contributed by atoms with Gasteiger partial charge in [0.1, 0.15) is 34.0 Å². The van der Waals surface area contributed by atoms with Gasteiger partial charge in [-0.3, -0.25) is 0 Å². The minimum absolute atomic E-state index is 0.0311. The molecule has 0 spiro atoms. The molecule has 3 unspecified atom stereocenters. The summed E-state index contributed by atoms with van der Waals surface area (Å²) in [5.74, 6) is -2.15. The molecule has 0 saturated heterocycles. The second kappa shape index (κ2) is 8.60. The monoisotopic (exact) mass is 483 g/mol. The topological polar surface area (TPSA) is 101 Å². The van der Waals surface area contributed by atoms with Gasteiger partial charge in [0.05, 0.1) is 13.7 Å². The number of pyridine rings is 1. The molecule has 3 N–H and O–H groups in total. The molecule has 0 bridgehead atoms. The van der Waals surface area contributed by atoms with Gasteiger partial charge >= 0.3 is 6.01 Å². The molecule has 10 heteroatoms. The Kier molecular flexibility index (Phi) is 5.71. The summed E-state index contributed by atoms with van der Waals surface area (Å²) >= 11 is 0. The third-order valence-corrected chi connectivity index (χ3v) is 7.21. The molecule has 0 saturated carbocycles. The van der Waals surface area contributed by atoms with Crippen molar-refractivity contribution in [1.82, 2.24) is 20.3 Å². The number of aliphatic hydroxyl groups is 1. The van der Waals surface area contributed by atoms with E-state index >= 15 is 4.39 Å². The average Bonchev–Trinajstić information content (AvgIpc) is 2.90. The van der Waals surface area contributed by atoms with E-state index in [0.29, 0.717) is 12.4 Å². The minimum atomic E-state index is -0.827. The van der Waals surface area contributed by atoms with Gasteiger partial charge in [-0.25, -0.2) is 13.8 Å². The third kappa shape index (κ3) is 3.81. The molecule has 2 aromatic heterocycles. The van der Waals surface area contributed by atoms with Gasteiger partial charge in [-0.05, 0) is 37.8 Å². The van der Waals surface area contributed by atoms with E-state index in [2.05, 4.69) is 25.6 Å². The summed E-state index contributed by atoms with van der Waals surface area (Å²) in [5, 5.41) is 17.2. The lowest BCUT2D eigenvalue weighted by molar-refractivity contribution is 0.174. The molecule has 3 aliphatic rings. The van der Waals surface area contributed by atoms with Gasteiger partial charge < -0.3 is 25.2 Å². The number of hydrogen-bond acceptors (Lipinski definition) is 8. The van der Waals surface area contributed by atoms with Gasteiger partial charge in [-0.15, -0.1) is 0 Å². The molecular formula is C25H27F2N5O3. The summed E-state index contributed by atoms with van der Waals surface area (Å²) in [6.07, 6.45) is 7.53. The molecule has 184 valence electrons. The molecule has 0 aromatic carbocycles. The highest BCUT2D eigenvalue weighted by molar-refractivity contribution is 5.96. The van der Waals surface area contributed by atoms with Gasteiger partial charge in [0.15, 0.2) is 5.82 Å². The summed E-state index contributed by atoms with van der Waals surface area (Å²) in [6, 6.07) is -0.0367. The Morgan fingerprint density at radius 2 is 2.09 bits per heavy atom. The lowest BCUT2D eigenvalue weighted by Gasteiger charge is -2.35. The number of hydrogen-bond donors (Lipinski definition) is 3. The predicted octanol–water partition coefficient (Wildman–Crippen LogP) is 4.09. The van der Waals surface area contributed by atoms with E-state index in [4.69, 9.17) is 9.47 Å². The number of ether oxygens (including phenoxy) is 2. The van der Waals surface area contributed by atoms with E-state index in [1.54, 1.807) is 12.2 Å². The van der Waals surface area contributed by atoms with Crippen LogP contribution >= 0.6 is 0 Å². The Labute approximate surface area is 201 Å². The lowest BCUT2D eigenvalue weighted by Crippen LogP contribution is -2.52. The number of fused-ring (bicyclic) bond motifs is 1. The van der Waals surface area contributed by atoms with E-state index in [1.165, 1.54) is 25.3 Å². The van der Waals surface area contributed by atoms with Crippen LogP contribution in [0, 0.1) is 23.6 Å². The molecule has 0 fully saturated rings. The van der Waals surface area contributed by atoms with Crippen LogP contribution in [-0.4, -0.2) is 52.9 Å². The van der Waals surface area contributed by atoms with Crippen molar-refractivity contribution in [2.45, 2.75) is 19.4 Å². The second-order valence-corrected chi connectivity index (χ2v) is 9.28. The normalized spacial score (nSPS) is 27.8. The highest BCUT2D eigenvalue weighted by Crippen LogP contribution is 2.45. The summed E-state index contributed by atoms with van der Waals surface area (Å²) in [7, 11) is 3.26. The maximum absolute atomic E-state index is 16.1. The number of anilines is 1. The number of aromatic nitrogens is 3. The Balaban J connectivity index is 1.74. The van der Waals surface area contributed by atoms with E-state index in [-0.39, 0.29) is 57.9 Å². The van der Waals surface area contributed by atoms with Crippen molar-refractivity contribution in [3.63, 3.8) is 0 Å². The zero-order valence-electron chi connectivity index (χ0n) is 19.9. The van der Waals surface area contributed by atoms with Crippen molar-refractivity contribution in [2.75, 3.05) is 32.6 Å². The molecule has 4 atom stereocenters.